The molecule has 0 amide bonds. The van der Waals surface area contributed by atoms with Gasteiger partial charge in [0.25, 0.3) is 0 Å². The fourth-order valence-corrected chi connectivity index (χ4v) is 2.29. The topological polar surface area (TPSA) is 50.7 Å². The largest absolute Gasteiger partial charge is 0.486 e. The normalized spacial score (nSPS) is 16.0. The van der Waals surface area contributed by atoms with Gasteiger partial charge in [0, 0.05) is 12.6 Å². The lowest BCUT2D eigenvalue weighted by atomic mass is 9.96. The highest BCUT2D eigenvalue weighted by molar-refractivity contribution is 5.44. The van der Waals surface area contributed by atoms with Crippen molar-refractivity contribution in [3.05, 3.63) is 23.8 Å². The molecule has 2 rings (SSSR count). The first-order chi connectivity index (χ1) is 9.58. The number of hydrogen-bond donors (Lipinski definition) is 2. The van der Waals surface area contributed by atoms with Crippen molar-refractivity contribution >= 4 is 0 Å². The smallest absolute Gasteiger partial charge is 0.161 e. The van der Waals surface area contributed by atoms with Gasteiger partial charge >= 0.3 is 0 Å². The minimum absolute atomic E-state index is 0.162. The predicted octanol–water partition coefficient (Wildman–Crippen LogP) is 2.66. The van der Waals surface area contributed by atoms with E-state index in [2.05, 4.69) is 12.2 Å². The third kappa shape index (κ3) is 3.44. The van der Waals surface area contributed by atoms with Crippen molar-refractivity contribution in [2.45, 2.75) is 45.3 Å². The maximum atomic E-state index is 10.3. The van der Waals surface area contributed by atoms with Gasteiger partial charge in [-0.2, -0.15) is 0 Å². The van der Waals surface area contributed by atoms with E-state index in [4.69, 9.17) is 9.47 Å². The van der Waals surface area contributed by atoms with Gasteiger partial charge in [0.05, 0.1) is 5.60 Å². The second-order valence-corrected chi connectivity index (χ2v) is 5.44. The lowest BCUT2D eigenvalue weighted by Crippen LogP contribution is -2.40. The fraction of sp³-hybridized carbons (Fsp3) is 0.625. The summed E-state index contributed by atoms with van der Waals surface area (Å²) in [6.45, 7) is 7.93. The highest BCUT2D eigenvalue weighted by atomic mass is 16.6. The molecule has 4 heteroatoms. The molecule has 0 saturated heterocycles. The molecule has 0 bridgehead atoms. The van der Waals surface area contributed by atoms with Crippen molar-refractivity contribution < 1.29 is 14.6 Å². The summed E-state index contributed by atoms with van der Waals surface area (Å²) in [5.74, 6) is 1.62. The van der Waals surface area contributed by atoms with Crippen molar-refractivity contribution in [3.8, 4) is 11.5 Å². The zero-order chi connectivity index (χ0) is 14.6. The van der Waals surface area contributed by atoms with E-state index in [1.807, 2.05) is 32.0 Å². The van der Waals surface area contributed by atoms with Crippen LogP contribution in [0.3, 0.4) is 0 Å². The summed E-state index contributed by atoms with van der Waals surface area (Å²) in [6, 6.07) is 6.18. The van der Waals surface area contributed by atoms with Gasteiger partial charge in [0.1, 0.15) is 13.2 Å². The van der Waals surface area contributed by atoms with E-state index < -0.39 is 5.60 Å². The molecule has 1 heterocycles. The maximum Gasteiger partial charge on any atom is 0.161 e. The molecular formula is C16H25NO3. The molecule has 0 aliphatic carbocycles. The van der Waals surface area contributed by atoms with Crippen LogP contribution in [0.1, 0.15) is 45.2 Å². The van der Waals surface area contributed by atoms with E-state index in [0.29, 0.717) is 19.8 Å². The zero-order valence-corrected chi connectivity index (χ0v) is 12.6. The SMILES string of the molecule is CCC(O)(CC)CNC(C)c1ccc2c(c1)OCCO2. The van der Waals surface area contributed by atoms with Crippen LogP contribution in [0.2, 0.25) is 0 Å². The molecule has 1 atom stereocenters. The maximum absolute atomic E-state index is 10.3. The third-order valence-corrected chi connectivity index (χ3v) is 4.12. The Bertz CT molecular complexity index is 443. The molecule has 1 aliphatic rings. The van der Waals surface area contributed by atoms with E-state index in [1.54, 1.807) is 0 Å². The Balaban J connectivity index is 2.00. The average Bonchev–Trinajstić information content (AvgIpc) is 2.51. The van der Waals surface area contributed by atoms with Gasteiger partial charge in [0.15, 0.2) is 11.5 Å². The molecule has 0 radical (unpaired) electrons. The van der Waals surface area contributed by atoms with Crippen LogP contribution in [0, 0.1) is 0 Å². The highest BCUT2D eigenvalue weighted by Crippen LogP contribution is 2.32. The summed E-state index contributed by atoms with van der Waals surface area (Å²) >= 11 is 0. The molecule has 0 spiro atoms. The van der Waals surface area contributed by atoms with Crippen LogP contribution in [-0.4, -0.2) is 30.5 Å². The fourth-order valence-electron chi connectivity index (χ4n) is 2.29. The highest BCUT2D eigenvalue weighted by Gasteiger charge is 2.23. The first-order valence-electron chi connectivity index (χ1n) is 7.43. The molecule has 1 aliphatic heterocycles. The van der Waals surface area contributed by atoms with E-state index in [-0.39, 0.29) is 6.04 Å². The number of rotatable bonds is 6. The summed E-state index contributed by atoms with van der Waals surface area (Å²) in [5.41, 5.74) is 0.519. The van der Waals surface area contributed by atoms with E-state index >= 15 is 0 Å². The molecule has 112 valence electrons. The Morgan fingerprint density at radius 2 is 1.85 bits per heavy atom. The van der Waals surface area contributed by atoms with E-state index in [1.165, 1.54) is 0 Å². The van der Waals surface area contributed by atoms with Gasteiger partial charge < -0.3 is 19.9 Å². The number of ether oxygens (including phenoxy) is 2. The summed E-state index contributed by atoms with van der Waals surface area (Å²) < 4.78 is 11.1. The number of hydrogen-bond acceptors (Lipinski definition) is 4. The Labute approximate surface area is 121 Å². The van der Waals surface area contributed by atoms with Crippen LogP contribution in [0.5, 0.6) is 11.5 Å². The lowest BCUT2D eigenvalue weighted by Gasteiger charge is -2.28. The van der Waals surface area contributed by atoms with Crippen molar-refractivity contribution in [1.29, 1.82) is 0 Å². The van der Waals surface area contributed by atoms with Gasteiger partial charge in [0.2, 0.25) is 0 Å². The molecule has 1 aromatic rings. The van der Waals surface area contributed by atoms with E-state index in [9.17, 15) is 5.11 Å². The summed E-state index contributed by atoms with van der Waals surface area (Å²) in [7, 11) is 0. The van der Waals surface area contributed by atoms with Gasteiger partial charge in [-0.05, 0) is 37.5 Å². The number of nitrogens with one attached hydrogen (secondary N) is 1. The van der Waals surface area contributed by atoms with Crippen LogP contribution in [0.15, 0.2) is 18.2 Å². The first-order valence-corrected chi connectivity index (χ1v) is 7.43. The minimum Gasteiger partial charge on any atom is -0.486 e. The van der Waals surface area contributed by atoms with Crippen LogP contribution in [-0.2, 0) is 0 Å². The summed E-state index contributed by atoms with van der Waals surface area (Å²) in [5, 5.41) is 13.7. The summed E-state index contributed by atoms with van der Waals surface area (Å²) in [6.07, 6.45) is 1.51. The Kier molecular flexibility index (Phi) is 4.89. The second-order valence-electron chi connectivity index (χ2n) is 5.44. The number of benzene rings is 1. The van der Waals surface area contributed by atoms with Crippen LogP contribution >= 0.6 is 0 Å². The molecule has 0 aromatic heterocycles. The van der Waals surface area contributed by atoms with Gasteiger partial charge in [-0.15, -0.1) is 0 Å². The number of fused-ring (bicyclic) bond motifs is 1. The molecule has 20 heavy (non-hydrogen) atoms. The van der Waals surface area contributed by atoms with Crippen LogP contribution < -0.4 is 14.8 Å². The van der Waals surface area contributed by atoms with Crippen LogP contribution in [0.4, 0.5) is 0 Å². The Morgan fingerprint density at radius 1 is 1.20 bits per heavy atom. The molecule has 1 aromatic carbocycles. The third-order valence-electron chi connectivity index (χ3n) is 4.12. The van der Waals surface area contributed by atoms with Gasteiger partial charge in [-0.1, -0.05) is 19.9 Å². The molecular weight excluding hydrogens is 254 g/mol. The summed E-state index contributed by atoms with van der Waals surface area (Å²) in [4.78, 5) is 0. The van der Waals surface area contributed by atoms with Gasteiger partial charge in [-0.25, -0.2) is 0 Å². The zero-order valence-electron chi connectivity index (χ0n) is 12.6. The lowest BCUT2D eigenvalue weighted by molar-refractivity contribution is 0.0303. The second kappa shape index (κ2) is 6.46. The van der Waals surface area contributed by atoms with Crippen molar-refractivity contribution in [2.24, 2.45) is 0 Å². The monoisotopic (exact) mass is 279 g/mol. The molecule has 4 nitrogen and oxygen atoms in total. The molecule has 0 fully saturated rings. The number of aliphatic hydroxyl groups is 1. The van der Waals surface area contributed by atoms with E-state index in [0.717, 1.165) is 29.9 Å². The molecule has 1 unspecified atom stereocenters. The van der Waals surface area contributed by atoms with Gasteiger partial charge in [-0.3, -0.25) is 0 Å². The standard InChI is InChI=1S/C16H25NO3/c1-4-16(18,5-2)11-17-12(3)13-6-7-14-15(10-13)20-9-8-19-14/h6-7,10,12,17-18H,4-5,8-9,11H2,1-3H3. The predicted molar refractivity (Wildman–Crippen MR) is 79.4 cm³/mol. The average molecular weight is 279 g/mol. The first kappa shape index (κ1) is 15.1. The van der Waals surface area contributed by atoms with Crippen LogP contribution in [0.25, 0.3) is 0 Å². The molecule has 2 N–H and O–H groups in total. The molecule has 0 saturated carbocycles. The van der Waals surface area contributed by atoms with Crippen molar-refractivity contribution in [1.82, 2.24) is 5.32 Å². The Morgan fingerprint density at radius 3 is 2.50 bits per heavy atom. The van der Waals surface area contributed by atoms with Crippen molar-refractivity contribution in [2.75, 3.05) is 19.8 Å². The quantitative estimate of drug-likeness (QED) is 0.840. The minimum atomic E-state index is -0.623. The Hall–Kier alpha value is -1.26. The van der Waals surface area contributed by atoms with Crippen molar-refractivity contribution in [3.63, 3.8) is 0 Å².